The third-order valence-electron chi connectivity index (χ3n) is 4.29. The van der Waals surface area contributed by atoms with Crippen LogP contribution in [0.2, 0.25) is 0 Å². The summed E-state index contributed by atoms with van der Waals surface area (Å²) >= 11 is 0. The molecule has 1 aliphatic heterocycles. The largest absolute Gasteiger partial charge is 0.370 e. The van der Waals surface area contributed by atoms with E-state index in [9.17, 15) is 4.79 Å². The number of rotatable bonds is 4. The molecule has 0 atom stereocenters. The van der Waals surface area contributed by atoms with Crippen molar-refractivity contribution < 1.29 is 0 Å². The van der Waals surface area contributed by atoms with Gasteiger partial charge in [-0.15, -0.1) is 24.0 Å². The molecule has 2 N–H and O–H groups in total. The second-order valence-electron chi connectivity index (χ2n) is 5.82. The van der Waals surface area contributed by atoms with Crippen molar-refractivity contribution >= 4 is 35.9 Å². The Morgan fingerprint density at radius 1 is 1.19 bits per heavy atom. The lowest BCUT2D eigenvalue weighted by Gasteiger charge is -2.35. The zero-order valence-electron chi connectivity index (χ0n) is 14.8. The zero-order chi connectivity index (χ0) is 17.6. The molecule has 0 bridgehead atoms. The number of hydrogen-bond donors (Lipinski definition) is 1. The number of piperazine rings is 1. The Labute approximate surface area is 169 Å². The summed E-state index contributed by atoms with van der Waals surface area (Å²) in [5, 5.41) is 0. The van der Waals surface area contributed by atoms with Crippen LogP contribution in [-0.2, 0) is 13.1 Å². The van der Waals surface area contributed by atoms with Gasteiger partial charge < -0.3 is 20.1 Å². The molecule has 2 aromatic heterocycles. The lowest BCUT2D eigenvalue weighted by Crippen LogP contribution is -2.51. The molecule has 9 heteroatoms. The van der Waals surface area contributed by atoms with Gasteiger partial charge in [-0.2, -0.15) is 0 Å². The maximum absolute atomic E-state index is 12.2. The number of anilines is 1. The third-order valence-corrected chi connectivity index (χ3v) is 4.29. The van der Waals surface area contributed by atoms with E-state index in [0.29, 0.717) is 24.6 Å². The highest BCUT2D eigenvalue weighted by Crippen LogP contribution is 2.09. The highest BCUT2D eigenvalue weighted by Gasteiger charge is 2.19. The maximum Gasteiger partial charge on any atom is 0.255 e. The molecule has 0 saturated carbocycles. The molecular weight excluding hydrogens is 445 g/mol. The fraction of sp³-hybridized carbons (Fsp3) is 0.412. The van der Waals surface area contributed by atoms with E-state index in [4.69, 9.17) is 5.73 Å². The lowest BCUT2D eigenvalue weighted by atomic mass is 10.3. The van der Waals surface area contributed by atoms with Crippen molar-refractivity contribution in [3.63, 3.8) is 0 Å². The first-order valence-electron chi connectivity index (χ1n) is 8.44. The highest BCUT2D eigenvalue weighted by atomic mass is 127. The van der Waals surface area contributed by atoms with E-state index in [0.717, 1.165) is 32.1 Å². The molecule has 3 heterocycles. The molecule has 2 aromatic rings. The Morgan fingerprint density at radius 3 is 2.54 bits per heavy atom. The molecule has 26 heavy (non-hydrogen) atoms. The molecule has 8 nitrogen and oxygen atoms in total. The van der Waals surface area contributed by atoms with Gasteiger partial charge >= 0.3 is 0 Å². The summed E-state index contributed by atoms with van der Waals surface area (Å²) in [6.45, 7) is 5.97. The first kappa shape index (κ1) is 20.1. The topological polar surface area (TPSA) is 92.6 Å². The van der Waals surface area contributed by atoms with Crippen LogP contribution in [0.1, 0.15) is 12.5 Å². The van der Waals surface area contributed by atoms with Crippen LogP contribution in [0.3, 0.4) is 0 Å². The van der Waals surface area contributed by atoms with Crippen molar-refractivity contribution in [1.29, 1.82) is 0 Å². The van der Waals surface area contributed by atoms with E-state index < -0.39 is 0 Å². The number of hydrogen-bond acceptors (Lipinski definition) is 5. The molecule has 0 aromatic carbocycles. The third kappa shape index (κ3) is 4.71. The van der Waals surface area contributed by atoms with Crippen molar-refractivity contribution in [3.8, 4) is 0 Å². The molecule has 1 fully saturated rings. The van der Waals surface area contributed by atoms with Crippen molar-refractivity contribution in [2.75, 3.05) is 31.1 Å². The summed E-state index contributed by atoms with van der Waals surface area (Å²) in [6.07, 6.45) is 5.27. The first-order valence-corrected chi connectivity index (χ1v) is 8.44. The van der Waals surface area contributed by atoms with E-state index in [1.807, 2.05) is 17.9 Å². The van der Waals surface area contributed by atoms with Crippen LogP contribution in [0.15, 0.2) is 46.6 Å². The van der Waals surface area contributed by atoms with E-state index in [2.05, 4.69) is 19.9 Å². The molecule has 1 saturated heterocycles. The number of aryl methyl sites for hydroxylation is 1. The monoisotopic (exact) mass is 469 g/mol. The number of pyridine rings is 1. The van der Waals surface area contributed by atoms with Crippen molar-refractivity contribution in [2.24, 2.45) is 10.7 Å². The Kier molecular flexibility index (Phi) is 7.37. The Morgan fingerprint density at radius 2 is 1.88 bits per heavy atom. The van der Waals surface area contributed by atoms with E-state index in [-0.39, 0.29) is 29.5 Å². The Bertz CT molecular complexity index is 785. The molecule has 0 amide bonds. The molecule has 0 radical (unpaired) electrons. The fourth-order valence-corrected chi connectivity index (χ4v) is 2.81. The minimum absolute atomic E-state index is 0. The summed E-state index contributed by atoms with van der Waals surface area (Å²) in [5.41, 5.74) is 6.77. The van der Waals surface area contributed by atoms with Crippen LogP contribution in [0, 0.1) is 0 Å². The average Bonchev–Trinajstić information content (AvgIpc) is 2.68. The van der Waals surface area contributed by atoms with Gasteiger partial charge in [0.1, 0.15) is 0 Å². The molecule has 0 unspecified atom stereocenters. The number of guanidine groups is 1. The van der Waals surface area contributed by atoms with Crippen LogP contribution < -0.4 is 16.2 Å². The normalized spacial score (nSPS) is 14.9. The van der Waals surface area contributed by atoms with Gasteiger partial charge in [0.25, 0.3) is 5.56 Å². The van der Waals surface area contributed by atoms with Gasteiger partial charge in [-0.3, -0.25) is 4.79 Å². The molecule has 3 rings (SSSR count). The summed E-state index contributed by atoms with van der Waals surface area (Å²) in [6, 6.07) is 5.47. The molecule has 0 aliphatic carbocycles. The van der Waals surface area contributed by atoms with Gasteiger partial charge in [0, 0.05) is 56.9 Å². The number of nitrogens with zero attached hydrogens (tertiary/aromatic N) is 6. The van der Waals surface area contributed by atoms with Gasteiger partial charge in [0.15, 0.2) is 5.96 Å². The van der Waals surface area contributed by atoms with Crippen molar-refractivity contribution in [2.45, 2.75) is 20.0 Å². The van der Waals surface area contributed by atoms with E-state index in [1.165, 1.54) is 0 Å². The minimum atomic E-state index is -0.00686. The molecule has 140 valence electrons. The summed E-state index contributed by atoms with van der Waals surface area (Å²) in [7, 11) is 0. The van der Waals surface area contributed by atoms with E-state index >= 15 is 0 Å². The molecule has 1 aliphatic rings. The van der Waals surface area contributed by atoms with Crippen LogP contribution in [0.25, 0.3) is 0 Å². The van der Waals surface area contributed by atoms with Crippen LogP contribution >= 0.6 is 24.0 Å². The summed E-state index contributed by atoms with van der Waals surface area (Å²) in [5.74, 6) is 1.21. The second kappa shape index (κ2) is 9.51. The van der Waals surface area contributed by atoms with Crippen LogP contribution in [0.5, 0.6) is 0 Å². The standard InChI is InChI=1S/C17H23N7O.HI/c1-2-22-8-3-5-14(15(22)25)13-21-16(18)23-9-11-24(12-10-23)17-19-6-4-7-20-17;/h3-8H,2,9-13H2,1H3,(H2,18,21);1H. The maximum atomic E-state index is 12.2. The Balaban J connectivity index is 0.00000243. The van der Waals surface area contributed by atoms with Crippen molar-refractivity contribution in [3.05, 3.63) is 52.7 Å². The Hall–Kier alpha value is -2.17. The van der Waals surface area contributed by atoms with Gasteiger partial charge in [0.05, 0.1) is 6.54 Å². The number of halogens is 1. The van der Waals surface area contributed by atoms with Crippen molar-refractivity contribution in [1.82, 2.24) is 19.4 Å². The minimum Gasteiger partial charge on any atom is -0.370 e. The SMILES string of the molecule is CCn1cccc(CN=C(N)N2CCN(c3ncccn3)CC2)c1=O.I. The van der Waals surface area contributed by atoms with E-state index in [1.54, 1.807) is 35.3 Å². The van der Waals surface area contributed by atoms with Gasteiger partial charge in [0.2, 0.25) is 5.95 Å². The van der Waals surface area contributed by atoms with Gasteiger partial charge in [-0.05, 0) is 19.1 Å². The lowest BCUT2D eigenvalue weighted by molar-refractivity contribution is 0.378. The van der Waals surface area contributed by atoms with Crippen LogP contribution in [0.4, 0.5) is 5.95 Å². The predicted octanol–water partition coefficient (Wildman–Crippen LogP) is 0.913. The average molecular weight is 469 g/mol. The highest BCUT2D eigenvalue weighted by molar-refractivity contribution is 14.0. The fourth-order valence-electron chi connectivity index (χ4n) is 2.81. The summed E-state index contributed by atoms with van der Waals surface area (Å²) in [4.78, 5) is 29.3. The predicted molar refractivity (Wildman–Crippen MR) is 113 cm³/mol. The smallest absolute Gasteiger partial charge is 0.255 e. The quantitative estimate of drug-likeness (QED) is 0.407. The molecule has 0 spiro atoms. The van der Waals surface area contributed by atoms with Gasteiger partial charge in [-0.1, -0.05) is 6.07 Å². The zero-order valence-corrected chi connectivity index (χ0v) is 17.1. The number of nitrogens with two attached hydrogens (primary N) is 1. The summed E-state index contributed by atoms with van der Waals surface area (Å²) < 4.78 is 1.67. The molecular formula is C17H24IN7O. The second-order valence-corrected chi connectivity index (χ2v) is 5.82. The first-order chi connectivity index (χ1) is 12.2. The number of aliphatic imine (C=N–C) groups is 1. The van der Waals surface area contributed by atoms with Crippen LogP contribution in [-0.4, -0.2) is 51.6 Å². The number of aromatic nitrogens is 3. The van der Waals surface area contributed by atoms with Gasteiger partial charge in [-0.25, -0.2) is 15.0 Å².